The van der Waals surface area contributed by atoms with Crippen LogP contribution in [0.2, 0.25) is 0 Å². The van der Waals surface area contributed by atoms with Gasteiger partial charge in [-0.15, -0.1) is 0 Å². The van der Waals surface area contributed by atoms with E-state index in [-0.39, 0.29) is 22.5 Å². The molecule has 2 N–H and O–H groups in total. The van der Waals surface area contributed by atoms with Crippen molar-refractivity contribution in [1.82, 2.24) is 9.97 Å². The molecule has 0 radical (unpaired) electrons. The molecule has 0 bridgehead atoms. The van der Waals surface area contributed by atoms with Crippen molar-refractivity contribution in [2.24, 2.45) is 0 Å². The number of hydrogen-bond donors (Lipinski definition) is 2. The standard InChI is InChI=1S/C12H13N3O4S/c1-8-6-11(19-2)14-12(13-8)15-20(17,18)10-5-3-4-9(16)7-10/h3-7,16H,1-2H3,(H,13,14,15). The number of methoxy groups -OCH3 is 1. The SMILES string of the molecule is COc1cc(C)nc(NS(=O)(=O)c2cccc(O)c2)n1. The minimum atomic E-state index is -3.87. The maximum atomic E-state index is 12.1. The fourth-order valence-corrected chi connectivity index (χ4v) is 2.50. The number of benzene rings is 1. The van der Waals surface area contributed by atoms with Crippen LogP contribution in [-0.4, -0.2) is 30.6 Å². The molecule has 106 valence electrons. The first-order chi connectivity index (χ1) is 9.40. The molecule has 0 aliphatic heterocycles. The van der Waals surface area contributed by atoms with Gasteiger partial charge in [0.05, 0.1) is 12.0 Å². The van der Waals surface area contributed by atoms with Gasteiger partial charge >= 0.3 is 0 Å². The second-order valence-corrected chi connectivity index (χ2v) is 5.66. The molecular weight excluding hydrogens is 282 g/mol. The molecule has 1 aromatic heterocycles. The Morgan fingerprint density at radius 2 is 2.00 bits per heavy atom. The summed E-state index contributed by atoms with van der Waals surface area (Å²) in [6.07, 6.45) is 0. The number of aryl methyl sites for hydroxylation is 1. The molecule has 0 aliphatic rings. The summed E-state index contributed by atoms with van der Waals surface area (Å²) in [6, 6.07) is 6.88. The predicted octanol–water partition coefficient (Wildman–Crippen LogP) is 1.30. The van der Waals surface area contributed by atoms with Gasteiger partial charge < -0.3 is 9.84 Å². The normalized spacial score (nSPS) is 11.1. The van der Waals surface area contributed by atoms with Crippen LogP contribution in [0.25, 0.3) is 0 Å². The highest BCUT2D eigenvalue weighted by molar-refractivity contribution is 7.92. The molecule has 2 aromatic rings. The third-order valence-corrected chi connectivity index (χ3v) is 3.72. The van der Waals surface area contributed by atoms with Crippen LogP contribution in [0.3, 0.4) is 0 Å². The van der Waals surface area contributed by atoms with E-state index < -0.39 is 10.0 Å². The van der Waals surface area contributed by atoms with Crippen molar-refractivity contribution in [1.29, 1.82) is 0 Å². The zero-order chi connectivity index (χ0) is 14.8. The quantitative estimate of drug-likeness (QED) is 0.881. The van der Waals surface area contributed by atoms with Gasteiger partial charge in [-0.25, -0.2) is 18.1 Å². The van der Waals surface area contributed by atoms with E-state index in [1.165, 1.54) is 25.3 Å². The van der Waals surface area contributed by atoms with Crippen molar-refractivity contribution < 1.29 is 18.3 Å². The molecule has 0 aliphatic carbocycles. The number of aromatic hydroxyl groups is 1. The number of anilines is 1. The monoisotopic (exact) mass is 295 g/mol. The first-order valence-corrected chi connectivity index (χ1v) is 7.10. The lowest BCUT2D eigenvalue weighted by Crippen LogP contribution is -2.15. The molecule has 0 fully saturated rings. The average molecular weight is 295 g/mol. The number of phenols is 1. The number of hydrogen-bond acceptors (Lipinski definition) is 6. The summed E-state index contributed by atoms with van der Waals surface area (Å²) in [6.45, 7) is 1.69. The number of nitrogens with zero attached hydrogens (tertiary/aromatic N) is 2. The largest absolute Gasteiger partial charge is 0.508 e. The Morgan fingerprint density at radius 1 is 1.25 bits per heavy atom. The fourth-order valence-electron chi connectivity index (χ4n) is 1.52. The maximum Gasteiger partial charge on any atom is 0.264 e. The molecule has 0 amide bonds. The lowest BCUT2D eigenvalue weighted by atomic mass is 10.3. The van der Waals surface area contributed by atoms with E-state index >= 15 is 0 Å². The average Bonchev–Trinajstić information content (AvgIpc) is 2.37. The molecule has 0 saturated heterocycles. The smallest absolute Gasteiger partial charge is 0.264 e. The Bertz CT molecular complexity index is 731. The third-order valence-electron chi connectivity index (χ3n) is 2.39. The number of ether oxygens (including phenoxy) is 1. The lowest BCUT2D eigenvalue weighted by molar-refractivity contribution is 0.397. The summed E-state index contributed by atoms with van der Waals surface area (Å²) in [5.41, 5.74) is 0.561. The molecule has 0 unspecified atom stereocenters. The second-order valence-electron chi connectivity index (χ2n) is 3.98. The highest BCUT2D eigenvalue weighted by atomic mass is 32.2. The van der Waals surface area contributed by atoms with Crippen LogP contribution in [0.4, 0.5) is 5.95 Å². The summed E-state index contributed by atoms with van der Waals surface area (Å²) < 4.78 is 31.4. The summed E-state index contributed by atoms with van der Waals surface area (Å²) in [5, 5.41) is 9.33. The number of sulfonamides is 1. The minimum absolute atomic E-state index is 0.0819. The van der Waals surface area contributed by atoms with Gasteiger partial charge in [0.2, 0.25) is 11.8 Å². The molecule has 0 atom stereocenters. The Kier molecular flexibility index (Phi) is 3.75. The van der Waals surface area contributed by atoms with E-state index in [0.29, 0.717) is 5.69 Å². The van der Waals surface area contributed by atoms with Crippen molar-refractivity contribution >= 4 is 16.0 Å². The first kappa shape index (κ1) is 14.1. The number of rotatable bonds is 4. The molecule has 0 saturated carbocycles. The van der Waals surface area contributed by atoms with Crippen molar-refractivity contribution in [3.05, 3.63) is 36.0 Å². The van der Waals surface area contributed by atoms with Gasteiger partial charge in [-0.2, -0.15) is 4.98 Å². The Labute approximate surface area is 116 Å². The van der Waals surface area contributed by atoms with E-state index in [4.69, 9.17) is 4.74 Å². The second kappa shape index (κ2) is 5.33. The van der Waals surface area contributed by atoms with Crippen LogP contribution in [0.5, 0.6) is 11.6 Å². The van der Waals surface area contributed by atoms with Crippen LogP contribution < -0.4 is 9.46 Å². The molecule has 20 heavy (non-hydrogen) atoms. The summed E-state index contributed by atoms with van der Waals surface area (Å²) in [4.78, 5) is 7.79. The van der Waals surface area contributed by atoms with Crippen LogP contribution >= 0.6 is 0 Å². The maximum absolute atomic E-state index is 12.1. The third kappa shape index (κ3) is 3.15. The van der Waals surface area contributed by atoms with Crippen LogP contribution in [-0.2, 0) is 10.0 Å². The Morgan fingerprint density at radius 3 is 2.65 bits per heavy atom. The topological polar surface area (TPSA) is 101 Å². The van der Waals surface area contributed by atoms with Gasteiger partial charge in [-0.3, -0.25) is 0 Å². The first-order valence-electron chi connectivity index (χ1n) is 5.62. The van der Waals surface area contributed by atoms with Gasteiger partial charge in [-0.05, 0) is 19.1 Å². The molecule has 8 heteroatoms. The minimum Gasteiger partial charge on any atom is -0.508 e. The summed E-state index contributed by atoms with van der Waals surface area (Å²) >= 11 is 0. The molecule has 2 rings (SSSR count). The van der Waals surface area contributed by atoms with E-state index in [1.807, 2.05) is 0 Å². The van der Waals surface area contributed by atoms with E-state index in [2.05, 4.69) is 14.7 Å². The fraction of sp³-hybridized carbons (Fsp3) is 0.167. The van der Waals surface area contributed by atoms with Crippen molar-refractivity contribution in [3.8, 4) is 11.6 Å². The highest BCUT2D eigenvalue weighted by Gasteiger charge is 2.17. The number of nitrogens with one attached hydrogen (secondary N) is 1. The zero-order valence-corrected chi connectivity index (χ0v) is 11.7. The molecule has 1 aromatic carbocycles. The van der Waals surface area contributed by atoms with Gasteiger partial charge in [-0.1, -0.05) is 6.07 Å². The highest BCUT2D eigenvalue weighted by Crippen LogP contribution is 2.19. The van der Waals surface area contributed by atoms with Crippen molar-refractivity contribution in [3.63, 3.8) is 0 Å². The van der Waals surface area contributed by atoms with E-state index in [0.717, 1.165) is 6.07 Å². The van der Waals surface area contributed by atoms with Gasteiger partial charge in [0, 0.05) is 17.8 Å². The molecule has 0 spiro atoms. The van der Waals surface area contributed by atoms with Crippen molar-refractivity contribution in [2.75, 3.05) is 11.8 Å². The number of aromatic nitrogens is 2. The van der Waals surface area contributed by atoms with E-state index in [1.54, 1.807) is 13.0 Å². The number of phenolic OH excluding ortho intramolecular Hbond substituents is 1. The predicted molar refractivity (Wildman–Crippen MR) is 72.2 cm³/mol. The summed E-state index contributed by atoms with van der Waals surface area (Å²) in [7, 11) is -2.44. The Balaban J connectivity index is 2.35. The molecule has 7 nitrogen and oxygen atoms in total. The Hall–Kier alpha value is -2.35. The van der Waals surface area contributed by atoms with Gasteiger partial charge in [0.25, 0.3) is 10.0 Å². The van der Waals surface area contributed by atoms with Crippen molar-refractivity contribution in [2.45, 2.75) is 11.8 Å². The van der Waals surface area contributed by atoms with Gasteiger partial charge in [0.15, 0.2) is 0 Å². The summed E-state index contributed by atoms with van der Waals surface area (Å²) in [5.74, 6) is 0.0203. The van der Waals surface area contributed by atoms with Crippen LogP contribution in [0.1, 0.15) is 5.69 Å². The van der Waals surface area contributed by atoms with E-state index in [9.17, 15) is 13.5 Å². The van der Waals surface area contributed by atoms with Gasteiger partial charge in [0.1, 0.15) is 5.75 Å². The molecular formula is C12H13N3O4S. The van der Waals surface area contributed by atoms with Crippen LogP contribution in [0, 0.1) is 6.92 Å². The van der Waals surface area contributed by atoms with Crippen LogP contribution in [0.15, 0.2) is 35.2 Å². The lowest BCUT2D eigenvalue weighted by Gasteiger charge is -2.08. The molecule has 1 heterocycles. The zero-order valence-electron chi connectivity index (χ0n) is 10.9.